The molecule has 7 nitrogen and oxygen atoms in total. The molecule has 4 rings (SSSR count). The zero-order valence-electron chi connectivity index (χ0n) is 18.7. The third-order valence-electron chi connectivity index (χ3n) is 5.58. The van der Waals surface area contributed by atoms with Gasteiger partial charge >= 0.3 is 6.09 Å². The number of nitrogens with zero attached hydrogens (tertiary/aromatic N) is 2. The average Bonchev–Trinajstić information content (AvgIpc) is 3.38. The van der Waals surface area contributed by atoms with Gasteiger partial charge < -0.3 is 20.3 Å². The molecule has 33 heavy (non-hydrogen) atoms. The van der Waals surface area contributed by atoms with Crippen LogP contribution in [0.15, 0.2) is 67.0 Å². The molecule has 1 aromatic heterocycles. The smallest absolute Gasteiger partial charge is 0.407 e. The molecular weight excluding hydrogens is 416 g/mol. The minimum Gasteiger partial charge on any atom is -0.445 e. The van der Waals surface area contributed by atoms with E-state index in [0.29, 0.717) is 17.8 Å². The van der Waals surface area contributed by atoms with Crippen molar-refractivity contribution in [1.82, 2.24) is 10.3 Å². The maximum Gasteiger partial charge on any atom is 0.407 e. The highest BCUT2D eigenvalue weighted by Crippen LogP contribution is 2.26. The van der Waals surface area contributed by atoms with Gasteiger partial charge in [0.1, 0.15) is 6.61 Å². The normalized spacial score (nSPS) is 12.9. The summed E-state index contributed by atoms with van der Waals surface area (Å²) in [5.74, 6) is -0.120. The molecule has 1 saturated heterocycles. The molecule has 0 aliphatic carbocycles. The first-order valence-electron chi connectivity index (χ1n) is 11.1. The third-order valence-corrected chi connectivity index (χ3v) is 5.58. The maximum absolute atomic E-state index is 13.0. The number of benzene rings is 2. The molecule has 1 aliphatic rings. The van der Waals surface area contributed by atoms with Gasteiger partial charge in [-0.25, -0.2) is 4.79 Å². The number of aromatic nitrogens is 1. The number of carbonyl (C=O) groups excluding carboxylic acids is 2. The molecule has 0 bridgehead atoms. The lowest BCUT2D eigenvalue weighted by Gasteiger charge is -2.21. The fourth-order valence-electron chi connectivity index (χ4n) is 3.83. The average molecular weight is 445 g/mol. The summed E-state index contributed by atoms with van der Waals surface area (Å²) < 4.78 is 5.19. The molecule has 170 valence electrons. The predicted molar refractivity (Wildman–Crippen MR) is 128 cm³/mol. The highest BCUT2D eigenvalue weighted by Gasteiger charge is 2.19. The van der Waals surface area contributed by atoms with Crippen molar-refractivity contribution in [2.24, 2.45) is 0 Å². The lowest BCUT2D eigenvalue weighted by molar-refractivity contribution is 0.102. The van der Waals surface area contributed by atoms with Crippen LogP contribution in [0.5, 0.6) is 0 Å². The van der Waals surface area contributed by atoms with Gasteiger partial charge in [0.2, 0.25) is 0 Å². The third kappa shape index (κ3) is 6.10. The Morgan fingerprint density at radius 3 is 2.55 bits per heavy atom. The van der Waals surface area contributed by atoms with E-state index >= 15 is 0 Å². The van der Waals surface area contributed by atoms with Crippen LogP contribution in [0.1, 0.15) is 39.9 Å². The molecule has 0 unspecified atom stereocenters. The van der Waals surface area contributed by atoms with Crippen LogP contribution in [0, 0.1) is 6.92 Å². The van der Waals surface area contributed by atoms with Crippen molar-refractivity contribution in [3.8, 4) is 0 Å². The Morgan fingerprint density at radius 2 is 1.82 bits per heavy atom. The minimum atomic E-state index is -0.495. The number of aryl methyl sites for hydroxylation is 1. The molecule has 0 spiro atoms. The Hall–Kier alpha value is -3.87. The predicted octanol–water partition coefficient (Wildman–Crippen LogP) is 4.67. The van der Waals surface area contributed by atoms with Crippen molar-refractivity contribution in [3.63, 3.8) is 0 Å². The van der Waals surface area contributed by atoms with Gasteiger partial charge in [-0.15, -0.1) is 0 Å². The van der Waals surface area contributed by atoms with E-state index in [9.17, 15) is 9.59 Å². The van der Waals surface area contributed by atoms with Crippen molar-refractivity contribution in [2.45, 2.75) is 32.9 Å². The fourth-order valence-corrected chi connectivity index (χ4v) is 3.83. The first kappa shape index (κ1) is 22.3. The molecule has 2 amide bonds. The quantitative estimate of drug-likeness (QED) is 0.553. The molecule has 0 atom stereocenters. The SMILES string of the molecule is Cc1ccc(N2CCCC2)c(C(=O)Nc2ccc(CNC(=O)OCc3cccnc3)cc2)c1. The van der Waals surface area contributed by atoms with Crippen LogP contribution in [0.2, 0.25) is 0 Å². The van der Waals surface area contributed by atoms with Crippen molar-refractivity contribution < 1.29 is 14.3 Å². The summed E-state index contributed by atoms with van der Waals surface area (Å²) in [4.78, 5) is 31.2. The molecule has 1 fully saturated rings. The number of alkyl carbamates (subject to hydrolysis) is 1. The molecule has 2 N–H and O–H groups in total. The van der Waals surface area contributed by atoms with Gasteiger partial charge in [0.25, 0.3) is 5.91 Å². The molecule has 7 heteroatoms. The second kappa shape index (κ2) is 10.6. The lowest BCUT2D eigenvalue weighted by atomic mass is 10.1. The first-order valence-corrected chi connectivity index (χ1v) is 11.1. The van der Waals surface area contributed by atoms with Crippen LogP contribution < -0.4 is 15.5 Å². The number of carbonyl (C=O) groups is 2. The van der Waals surface area contributed by atoms with Gasteiger partial charge in [-0.3, -0.25) is 9.78 Å². The first-order chi connectivity index (χ1) is 16.1. The monoisotopic (exact) mass is 444 g/mol. The second-order valence-corrected chi connectivity index (χ2v) is 8.16. The molecule has 1 aliphatic heterocycles. The Balaban J connectivity index is 1.31. The van der Waals surface area contributed by atoms with E-state index in [2.05, 4.69) is 20.5 Å². The van der Waals surface area contributed by atoms with E-state index in [0.717, 1.165) is 48.3 Å². The zero-order chi connectivity index (χ0) is 23.0. The number of anilines is 2. The summed E-state index contributed by atoms with van der Waals surface area (Å²) in [5, 5.41) is 5.72. The van der Waals surface area contributed by atoms with E-state index in [1.807, 2.05) is 55.5 Å². The Bertz CT molecular complexity index is 1090. The number of amides is 2. The van der Waals surface area contributed by atoms with E-state index in [-0.39, 0.29) is 12.5 Å². The van der Waals surface area contributed by atoms with E-state index < -0.39 is 6.09 Å². The Morgan fingerprint density at radius 1 is 1.03 bits per heavy atom. The van der Waals surface area contributed by atoms with Gasteiger partial charge in [0.05, 0.1) is 5.56 Å². The number of hydrogen-bond donors (Lipinski definition) is 2. The summed E-state index contributed by atoms with van der Waals surface area (Å²) in [6, 6.07) is 17.1. The topological polar surface area (TPSA) is 83.6 Å². The van der Waals surface area contributed by atoms with Gasteiger partial charge in [-0.2, -0.15) is 0 Å². The molecule has 2 aromatic carbocycles. The van der Waals surface area contributed by atoms with Crippen molar-refractivity contribution in [1.29, 1.82) is 0 Å². The second-order valence-electron chi connectivity index (χ2n) is 8.16. The summed E-state index contributed by atoms with van der Waals surface area (Å²) in [6.07, 6.45) is 5.14. The molecular formula is C26H28N4O3. The van der Waals surface area contributed by atoms with Crippen LogP contribution in [-0.4, -0.2) is 30.1 Å². The number of nitrogens with one attached hydrogen (secondary N) is 2. The van der Waals surface area contributed by atoms with E-state index in [1.165, 1.54) is 0 Å². The van der Waals surface area contributed by atoms with Crippen LogP contribution in [0.25, 0.3) is 0 Å². The van der Waals surface area contributed by atoms with Gasteiger partial charge in [-0.05, 0) is 55.7 Å². The van der Waals surface area contributed by atoms with Gasteiger partial charge in [0.15, 0.2) is 0 Å². The van der Waals surface area contributed by atoms with Crippen molar-refractivity contribution >= 4 is 23.4 Å². The summed E-state index contributed by atoms with van der Waals surface area (Å²) in [5.41, 5.74) is 5.17. The van der Waals surface area contributed by atoms with E-state index in [4.69, 9.17) is 4.74 Å². The van der Waals surface area contributed by atoms with Crippen molar-refractivity contribution in [2.75, 3.05) is 23.3 Å². The minimum absolute atomic E-state index is 0.120. The highest BCUT2D eigenvalue weighted by molar-refractivity contribution is 6.08. The fraction of sp³-hybridized carbons (Fsp3) is 0.269. The standard InChI is InChI=1S/C26H28N4O3/c1-19-6-11-24(30-13-2-3-14-30)23(15-19)25(31)29-22-9-7-20(8-10-22)17-28-26(32)33-18-21-5-4-12-27-16-21/h4-12,15-16H,2-3,13-14,17-18H2,1H3,(H,28,32)(H,29,31). The number of pyridine rings is 1. The Kier molecular flexibility index (Phi) is 7.19. The van der Waals surface area contributed by atoms with Crippen LogP contribution in [0.4, 0.5) is 16.2 Å². The summed E-state index contributed by atoms with van der Waals surface area (Å²) in [6.45, 7) is 4.46. The van der Waals surface area contributed by atoms with Gasteiger partial charge in [0, 0.05) is 49.0 Å². The molecule has 0 radical (unpaired) electrons. The van der Waals surface area contributed by atoms with E-state index in [1.54, 1.807) is 18.5 Å². The summed E-state index contributed by atoms with van der Waals surface area (Å²) in [7, 11) is 0. The summed E-state index contributed by atoms with van der Waals surface area (Å²) >= 11 is 0. The number of rotatable bonds is 7. The molecule has 2 heterocycles. The lowest BCUT2D eigenvalue weighted by Crippen LogP contribution is -2.24. The van der Waals surface area contributed by atoms with Crippen LogP contribution in [-0.2, 0) is 17.9 Å². The van der Waals surface area contributed by atoms with Crippen LogP contribution in [0.3, 0.4) is 0 Å². The van der Waals surface area contributed by atoms with Crippen LogP contribution >= 0.6 is 0 Å². The zero-order valence-corrected chi connectivity index (χ0v) is 18.7. The maximum atomic E-state index is 13.0. The molecule has 3 aromatic rings. The van der Waals surface area contributed by atoms with Crippen molar-refractivity contribution in [3.05, 3.63) is 89.2 Å². The number of ether oxygens (including phenoxy) is 1. The van der Waals surface area contributed by atoms with Gasteiger partial charge in [-0.1, -0.05) is 29.8 Å². The largest absolute Gasteiger partial charge is 0.445 e. The number of hydrogen-bond acceptors (Lipinski definition) is 5. The Labute approximate surface area is 193 Å². The highest BCUT2D eigenvalue weighted by atomic mass is 16.5. The molecule has 0 saturated carbocycles.